The Morgan fingerprint density at radius 3 is 2.44 bits per heavy atom. The molecule has 1 aliphatic heterocycles. The van der Waals surface area contributed by atoms with Crippen LogP contribution < -0.4 is 10.2 Å². The zero-order valence-electron chi connectivity index (χ0n) is 16.0. The van der Waals surface area contributed by atoms with Gasteiger partial charge in [-0.3, -0.25) is 4.79 Å². The Morgan fingerprint density at radius 1 is 1.04 bits per heavy atom. The fraction of sp³-hybridized carbons (Fsp3) is 0.333. The first kappa shape index (κ1) is 17.9. The minimum absolute atomic E-state index is 0.0787. The van der Waals surface area contributed by atoms with Gasteiger partial charge in [-0.25, -0.2) is 4.98 Å². The van der Waals surface area contributed by atoms with Crippen LogP contribution in [-0.2, 0) is 0 Å². The van der Waals surface area contributed by atoms with Crippen LogP contribution in [0.4, 0.5) is 10.8 Å². The van der Waals surface area contributed by atoms with Gasteiger partial charge < -0.3 is 15.1 Å². The molecule has 6 heteroatoms. The molecule has 5 nitrogen and oxygen atoms in total. The Hall–Kier alpha value is -2.44. The highest BCUT2D eigenvalue weighted by molar-refractivity contribution is 7.22. The third-order valence-electron chi connectivity index (χ3n) is 4.89. The van der Waals surface area contributed by atoms with E-state index in [0.29, 0.717) is 5.56 Å². The van der Waals surface area contributed by atoms with Gasteiger partial charge in [-0.2, -0.15) is 0 Å². The number of piperazine rings is 1. The number of nitrogens with zero attached hydrogens (tertiary/aromatic N) is 3. The van der Waals surface area contributed by atoms with Crippen LogP contribution in [0.1, 0.15) is 21.5 Å². The van der Waals surface area contributed by atoms with Gasteiger partial charge in [0.15, 0.2) is 5.13 Å². The normalized spacial score (nSPS) is 15.3. The number of thiazole rings is 1. The van der Waals surface area contributed by atoms with Gasteiger partial charge in [0.1, 0.15) is 0 Å². The predicted molar refractivity (Wildman–Crippen MR) is 113 cm³/mol. The van der Waals surface area contributed by atoms with Gasteiger partial charge >= 0.3 is 0 Å². The summed E-state index contributed by atoms with van der Waals surface area (Å²) in [7, 11) is 2.15. The summed E-state index contributed by atoms with van der Waals surface area (Å²) < 4.78 is 1.10. The highest BCUT2D eigenvalue weighted by Gasteiger charge is 2.18. The van der Waals surface area contributed by atoms with Crippen LogP contribution in [-0.4, -0.2) is 49.0 Å². The molecule has 1 fully saturated rings. The number of nitrogens with one attached hydrogen (secondary N) is 1. The van der Waals surface area contributed by atoms with E-state index in [2.05, 4.69) is 28.2 Å². The van der Waals surface area contributed by atoms with Crippen molar-refractivity contribution >= 4 is 38.3 Å². The number of aryl methyl sites for hydroxylation is 2. The van der Waals surface area contributed by atoms with Crippen molar-refractivity contribution in [1.82, 2.24) is 9.88 Å². The van der Waals surface area contributed by atoms with Gasteiger partial charge in [0.2, 0.25) is 0 Å². The smallest absolute Gasteiger partial charge is 0.255 e. The first-order valence-corrected chi connectivity index (χ1v) is 10.0. The summed E-state index contributed by atoms with van der Waals surface area (Å²) in [5, 5.41) is 4.08. The van der Waals surface area contributed by atoms with Gasteiger partial charge in [-0.15, -0.1) is 0 Å². The van der Waals surface area contributed by atoms with Crippen LogP contribution in [0.15, 0.2) is 36.4 Å². The average molecular weight is 381 g/mol. The van der Waals surface area contributed by atoms with Crippen LogP contribution in [0, 0.1) is 13.8 Å². The fourth-order valence-electron chi connectivity index (χ4n) is 3.43. The molecule has 3 aromatic rings. The second-order valence-corrected chi connectivity index (χ2v) is 8.31. The average Bonchev–Trinajstić information content (AvgIpc) is 3.04. The molecular weight excluding hydrogens is 356 g/mol. The Labute approximate surface area is 163 Å². The molecule has 0 atom stereocenters. The maximum Gasteiger partial charge on any atom is 0.255 e. The molecule has 1 aromatic heterocycles. The Bertz CT molecular complexity index is 969. The summed E-state index contributed by atoms with van der Waals surface area (Å²) in [5.41, 5.74) is 4.67. The second-order valence-electron chi connectivity index (χ2n) is 7.30. The number of benzene rings is 2. The summed E-state index contributed by atoms with van der Waals surface area (Å²) >= 11 is 1.69. The van der Waals surface area contributed by atoms with E-state index in [1.54, 1.807) is 11.3 Å². The zero-order chi connectivity index (χ0) is 19.0. The number of hydrogen-bond donors (Lipinski definition) is 1. The SMILES string of the molecule is Cc1cc(C)cc(C(=O)Nc2ccc3nc(N4CCN(C)CC4)sc3c2)c1. The molecule has 1 saturated heterocycles. The van der Waals surface area contributed by atoms with E-state index < -0.39 is 0 Å². The molecule has 0 unspecified atom stereocenters. The molecule has 1 N–H and O–H groups in total. The van der Waals surface area contributed by atoms with Gasteiger partial charge in [0.25, 0.3) is 5.91 Å². The number of carbonyl (C=O) groups excluding carboxylic acids is 1. The molecule has 0 bridgehead atoms. The van der Waals surface area contributed by atoms with Gasteiger partial charge in [-0.1, -0.05) is 28.5 Å². The number of anilines is 2. The summed E-state index contributed by atoms with van der Waals surface area (Å²) in [6.45, 7) is 8.15. The van der Waals surface area contributed by atoms with E-state index in [-0.39, 0.29) is 5.91 Å². The lowest BCUT2D eigenvalue weighted by Crippen LogP contribution is -2.44. The molecule has 0 radical (unpaired) electrons. The molecular formula is C21H24N4OS. The maximum absolute atomic E-state index is 12.6. The number of hydrogen-bond acceptors (Lipinski definition) is 5. The fourth-order valence-corrected chi connectivity index (χ4v) is 4.49. The molecule has 4 rings (SSSR count). The van der Waals surface area contributed by atoms with Crippen LogP contribution in [0.25, 0.3) is 10.2 Å². The van der Waals surface area contributed by atoms with E-state index in [1.807, 2.05) is 44.2 Å². The lowest BCUT2D eigenvalue weighted by molar-refractivity contribution is 0.102. The van der Waals surface area contributed by atoms with E-state index >= 15 is 0 Å². The first-order valence-electron chi connectivity index (χ1n) is 9.22. The predicted octanol–water partition coefficient (Wildman–Crippen LogP) is 3.92. The van der Waals surface area contributed by atoms with Crippen molar-refractivity contribution in [1.29, 1.82) is 0 Å². The third kappa shape index (κ3) is 3.96. The Balaban J connectivity index is 1.53. The summed E-state index contributed by atoms with van der Waals surface area (Å²) in [6, 6.07) is 11.8. The monoisotopic (exact) mass is 380 g/mol. The minimum atomic E-state index is -0.0787. The van der Waals surface area contributed by atoms with Crippen LogP contribution in [0.2, 0.25) is 0 Å². The van der Waals surface area contributed by atoms with Crippen molar-refractivity contribution in [2.24, 2.45) is 0 Å². The second kappa shape index (κ2) is 7.29. The number of rotatable bonds is 3. The molecule has 2 aromatic carbocycles. The van der Waals surface area contributed by atoms with Crippen LogP contribution in [0.3, 0.4) is 0 Å². The summed E-state index contributed by atoms with van der Waals surface area (Å²) in [6.07, 6.45) is 0. The minimum Gasteiger partial charge on any atom is -0.345 e. The third-order valence-corrected chi connectivity index (χ3v) is 5.97. The van der Waals surface area contributed by atoms with Gasteiger partial charge in [0, 0.05) is 37.4 Å². The topological polar surface area (TPSA) is 48.5 Å². The van der Waals surface area contributed by atoms with Gasteiger partial charge in [0.05, 0.1) is 10.2 Å². The Morgan fingerprint density at radius 2 is 1.74 bits per heavy atom. The highest BCUT2D eigenvalue weighted by Crippen LogP contribution is 2.31. The van der Waals surface area contributed by atoms with Crippen molar-refractivity contribution in [3.8, 4) is 0 Å². The van der Waals surface area contributed by atoms with Crippen molar-refractivity contribution in [2.45, 2.75) is 13.8 Å². The molecule has 0 aliphatic carbocycles. The number of carbonyl (C=O) groups is 1. The largest absolute Gasteiger partial charge is 0.345 e. The standard InChI is InChI=1S/C21H24N4OS/c1-14-10-15(2)12-16(11-14)20(26)22-17-4-5-18-19(13-17)27-21(23-18)25-8-6-24(3)7-9-25/h4-5,10-13H,6-9H2,1-3H3,(H,22,26). The van der Waals surface area contributed by atoms with E-state index in [0.717, 1.165) is 58.3 Å². The lowest BCUT2D eigenvalue weighted by Gasteiger charge is -2.31. The van der Waals surface area contributed by atoms with Crippen molar-refractivity contribution < 1.29 is 4.79 Å². The zero-order valence-corrected chi connectivity index (χ0v) is 16.8. The van der Waals surface area contributed by atoms with E-state index in [4.69, 9.17) is 4.98 Å². The lowest BCUT2D eigenvalue weighted by atomic mass is 10.1. The molecule has 0 saturated carbocycles. The van der Waals surface area contributed by atoms with E-state index in [1.165, 1.54) is 0 Å². The molecule has 27 heavy (non-hydrogen) atoms. The summed E-state index contributed by atoms with van der Waals surface area (Å²) in [5.74, 6) is -0.0787. The Kier molecular flexibility index (Phi) is 4.85. The van der Waals surface area contributed by atoms with Crippen LogP contribution in [0.5, 0.6) is 0 Å². The molecule has 0 spiro atoms. The van der Waals surface area contributed by atoms with Crippen molar-refractivity contribution in [3.05, 3.63) is 53.1 Å². The van der Waals surface area contributed by atoms with Crippen LogP contribution >= 0.6 is 11.3 Å². The quantitative estimate of drug-likeness (QED) is 0.748. The number of aromatic nitrogens is 1. The van der Waals surface area contributed by atoms with Crippen molar-refractivity contribution in [2.75, 3.05) is 43.4 Å². The highest BCUT2D eigenvalue weighted by atomic mass is 32.1. The van der Waals surface area contributed by atoms with Crippen molar-refractivity contribution in [3.63, 3.8) is 0 Å². The maximum atomic E-state index is 12.6. The molecule has 1 aliphatic rings. The number of likely N-dealkylation sites (N-methyl/N-ethyl adjacent to an activating group) is 1. The molecule has 140 valence electrons. The number of fused-ring (bicyclic) bond motifs is 1. The van der Waals surface area contributed by atoms with E-state index in [9.17, 15) is 4.79 Å². The molecule has 1 amide bonds. The first-order chi connectivity index (χ1) is 13.0. The number of amides is 1. The molecule has 2 heterocycles. The van der Waals surface area contributed by atoms with Gasteiger partial charge in [-0.05, 0) is 51.2 Å². The summed E-state index contributed by atoms with van der Waals surface area (Å²) in [4.78, 5) is 22.1.